The molecule has 2 N–H and O–H groups in total. The van der Waals surface area contributed by atoms with Crippen LogP contribution in [-0.4, -0.2) is 29.4 Å². The highest BCUT2D eigenvalue weighted by Crippen LogP contribution is 2.55. The number of carboxylic acids is 1. The number of hydrogen-bond acceptors (Lipinski definition) is 3. The molecule has 0 aromatic heterocycles. The van der Waals surface area contributed by atoms with Crippen LogP contribution in [0.5, 0.6) is 0 Å². The second-order valence-electron chi connectivity index (χ2n) is 7.69. The van der Waals surface area contributed by atoms with Crippen LogP contribution in [0.3, 0.4) is 0 Å². The van der Waals surface area contributed by atoms with Gasteiger partial charge in [-0.25, -0.2) is 0 Å². The number of carboxylic acid groups (broad SMARTS) is 1. The number of hydrogen-bond donors (Lipinski definition) is 2. The first-order chi connectivity index (χ1) is 12.5. The summed E-state index contributed by atoms with van der Waals surface area (Å²) in [6.07, 6.45) is 0.770. The molecule has 4 nitrogen and oxygen atoms in total. The van der Waals surface area contributed by atoms with E-state index in [0.29, 0.717) is 13.0 Å². The molecule has 4 heteroatoms. The second-order valence-corrected chi connectivity index (χ2v) is 7.69. The van der Waals surface area contributed by atoms with Gasteiger partial charge in [-0.3, -0.25) is 9.59 Å². The van der Waals surface area contributed by atoms with Gasteiger partial charge in [0, 0.05) is 17.9 Å². The minimum atomic E-state index is -0.799. The summed E-state index contributed by atoms with van der Waals surface area (Å²) in [5.74, 6) is -0.757. The molecule has 1 fully saturated rings. The van der Waals surface area contributed by atoms with Crippen molar-refractivity contribution in [2.75, 3.05) is 6.54 Å². The van der Waals surface area contributed by atoms with E-state index in [0.717, 1.165) is 5.56 Å². The van der Waals surface area contributed by atoms with E-state index in [1.807, 2.05) is 30.3 Å². The molecule has 0 amide bonds. The molecule has 4 rings (SSSR count). The molecule has 2 aromatic rings. The molecule has 0 spiro atoms. The fourth-order valence-corrected chi connectivity index (χ4v) is 5.20. The lowest BCUT2D eigenvalue weighted by molar-refractivity contribution is -0.141. The van der Waals surface area contributed by atoms with Gasteiger partial charge in [-0.15, -0.1) is 0 Å². The van der Waals surface area contributed by atoms with Crippen LogP contribution < -0.4 is 5.32 Å². The molecular weight excluding hydrogens is 326 g/mol. The Balaban J connectivity index is 1.93. The first-order valence-corrected chi connectivity index (χ1v) is 9.10. The van der Waals surface area contributed by atoms with Gasteiger partial charge in [0.15, 0.2) is 0 Å². The van der Waals surface area contributed by atoms with Crippen molar-refractivity contribution < 1.29 is 14.7 Å². The zero-order valence-electron chi connectivity index (χ0n) is 14.8. The summed E-state index contributed by atoms with van der Waals surface area (Å²) in [7, 11) is 0. The number of fused-ring (bicyclic) bond motifs is 2. The molecule has 0 saturated carbocycles. The summed E-state index contributed by atoms with van der Waals surface area (Å²) in [4.78, 5) is 24.1. The van der Waals surface area contributed by atoms with Crippen molar-refractivity contribution in [3.8, 4) is 0 Å². The Morgan fingerprint density at radius 2 is 1.81 bits per heavy atom. The van der Waals surface area contributed by atoms with Crippen LogP contribution in [-0.2, 0) is 16.0 Å². The Labute approximate surface area is 153 Å². The predicted octanol–water partition coefficient (Wildman–Crippen LogP) is 3.01. The van der Waals surface area contributed by atoms with Crippen LogP contribution in [0.2, 0.25) is 0 Å². The van der Waals surface area contributed by atoms with Gasteiger partial charge >= 0.3 is 5.97 Å². The van der Waals surface area contributed by atoms with Gasteiger partial charge in [-0.2, -0.15) is 0 Å². The minimum absolute atomic E-state index is 0.0180. The lowest BCUT2D eigenvalue weighted by Gasteiger charge is -2.45. The SMILES string of the molecule is CC(=O)C1NCC2(CC(=O)O)Cc3ccccc3C(c3ccccc3)C12. The third kappa shape index (κ3) is 2.65. The molecule has 134 valence electrons. The Kier molecular flexibility index (Phi) is 4.16. The molecular formula is C22H23NO3. The maximum absolute atomic E-state index is 12.4. The average molecular weight is 349 g/mol. The largest absolute Gasteiger partial charge is 0.481 e. The smallest absolute Gasteiger partial charge is 0.303 e. The lowest BCUT2D eigenvalue weighted by Crippen LogP contribution is -2.46. The second kappa shape index (κ2) is 6.36. The van der Waals surface area contributed by atoms with E-state index in [9.17, 15) is 14.7 Å². The number of Topliss-reactive ketones (excluding diaryl/α,β-unsaturated/α-hetero) is 1. The standard InChI is InChI=1S/C22H23NO3/c1-14(24)21-20-19(15-7-3-2-4-8-15)17-10-6-5-9-16(17)11-22(20,13-23-21)12-18(25)26/h2-10,19-21,23H,11-13H2,1H3,(H,25,26). The number of rotatable bonds is 4. The normalized spacial score (nSPS) is 29.7. The number of aliphatic carboxylic acids is 1. The van der Waals surface area contributed by atoms with Gasteiger partial charge in [0.1, 0.15) is 5.78 Å². The molecule has 1 aliphatic heterocycles. The van der Waals surface area contributed by atoms with Crippen molar-refractivity contribution in [1.29, 1.82) is 0 Å². The Morgan fingerprint density at radius 1 is 1.12 bits per heavy atom. The van der Waals surface area contributed by atoms with E-state index in [2.05, 4.69) is 29.6 Å². The molecule has 0 radical (unpaired) electrons. The van der Waals surface area contributed by atoms with Crippen LogP contribution in [0.25, 0.3) is 0 Å². The first-order valence-electron chi connectivity index (χ1n) is 9.10. The van der Waals surface area contributed by atoms with E-state index >= 15 is 0 Å². The van der Waals surface area contributed by atoms with Crippen LogP contribution in [0, 0.1) is 11.3 Å². The summed E-state index contributed by atoms with van der Waals surface area (Å²) in [6, 6.07) is 18.2. The molecule has 2 aromatic carbocycles. The van der Waals surface area contributed by atoms with E-state index in [1.165, 1.54) is 11.1 Å². The zero-order chi connectivity index (χ0) is 18.3. The number of carbonyl (C=O) groups is 2. The van der Waals surface area contributed by atoms with E-state index in [4.69, 9.17) is 0 Å². The van der Waals surface area contributed by atoms with Crippen molar-refractivity contribution in [3.05, 3.63) is 71.3 Å². The third-order valence-corrected chi connectivity index (χ3v) is 6.13. The summed E-state index contributed by atoms with van der Waals surface area (Å²) < 4.78 is 0. The Hall–Kier alpha value is -2.46. The monoisotopic (exact) mass is 349 g/mol. The summed E-state index contributed by atoms with van der Waals surface area (Å²) in [5, 5.41) is 13.0. The minimum Gasteiger partial charge on any atom is -0.481 e. The van der Waals surface area contributed by atoms with Gasteiger partial charge in [0.05, 0.1) is 12.5 Å². The lowest BCUT2D eigenvalue weighted by atomic mass is 9.56. The van der Waals surface area contributed by atoms with Gasteiger partial charge in [-0.1, -0.05) is 54.6 Å². The van der Waals surface area contributed by atoms with Gasteiger partial charge in [0.25, 0.3) is 0 Å². The number of carbonyl (C=O) groups excluding carboxylic acids is 1. The first kappa shape index (κ1) is 17.0. The molecule has 4 atom stereocenters. The highest BCUT2D eigenvalue weighted by molar-refractivity contribution is 5.83. The molecule has 26 heavy (non-hydrogen) atoms. The van der Waals surface area contributed by atoms with Crippen LogP contribution in [0.4, 0.5) is 0 Å². The van der Waals surface area contributed by atoms with Crippen molar-refractivity contribution in [2.24, 2.45) is 11.3 Å². The fraction of sp³-hybridized carbons (Fsp3) is 0.364. The van der Waals surface area contributed by atoms with Crippen molar-refractivity contribution in [3.63, 3.8) is 0 Å². The predicted molar refractivity (Wildman–Crippen MR) is 99.1 cm³/mol. The highest BCUT2D eigenvalue weighted by atomic mass is 16.4. The van der Waals surface area contributed by atoms with E-state index in [-0.39, 0.29) is 30.1 Å². The molecule has 0 bridgehead atoms. The van der Waals surface area contributed by atoms with E-state index in [1.54, 1.807) is 6.92 Å². The summed E-state index contributed by atoms with van der Waals surface area (Å²) in [6.45, 7) is 2.17. The van der Waals surface area contributed by atoms with Crippen molar-refractivity contribution >= 4 is 11.8 Å². The number of ketones is 1. The van der Waals surface area contributed by atoms with Crippen LogP contribution in [0.15, 0.2) is 54.6 Å². The van der Waals surface area contributed by atoms with Crippen LogP contribution in [0.1, 0.15) is 36.0 Å². The zero-order valence-corrected chi connectivity index (χ0v) is 14.8. The van der Waals surface area contributed by atoms with Crippen molar-refractivity contribution in [2.45, 2.75) is 31.7 Å². The van der Waals surface area contributed by atoms with E-state index < -0.39 is 11.4 Å². The van der Waals surface area contributed by atoms with Gasteiger partial charge in [0.2, 0.25) is 0 Å². The third-order valence-electron chi connectivity index (χ3n) is 6.13. The molecule has 1 aliphatic carbocycles. The quantitative estimate of drug-likeness (QED) is 0.890. The topological polar surface area (TPSA) is 66.4 Å². The Bertz CT molecular complexity index is 847. The maximum Gasteiger partial charge on any atom is 0.303 e. The summed E-state index contributed by atoms with van der Waals surface area (Å²) in [5.41, 5.74) is 3.12. The maximum atomic E-state index is 12.4. The summed E-state index contributed by atoms with van der Waals surface area (Å²) >= 11 is 0. The average Bonchev–Trinajstić information content (AvgIpc) is 2.98. The van der Waals surface area contributed by atoms with Gasteiger partial charge < -0.3 is 10.4 Å². The fourth-order valence-electron chi connectivity index (χ4n) is 5.20. The highest BCUT2D eigenvalue weighted by Gasteiger charge is 2.57. The number of nitrogens with one attached hydrogen (secondary N) is 1. The van der Waals surface area contributed by atoms with Crippen LogP contribution >= 0.6 is 0 Å². The van der Waals surface area contributed by atoms with Gasteiger partial charge in [-0.05, 0) is 36.0 Å². The number of benzene rings is 2. The van der Waals surface area contributed by atoms with Crippen molar-refractivity contribution in [1.82, 2.24) is 5.32 Å². The molecule has 1 heterocycles. The molecule has 4 unspecified atom stereocenters. The Morgan fingerprint density at radius 3 is 2.50 bits per heavy atom. The molecule has 1 saturated heterocycles. The molecule has 2 aliphatic rings.